The first kappa shape index (κ1) is 73.0. The first-order chi connectivity index (χ1) is 42.0. The van der Waals surface area contributed by atoms with Gasteiger partial charge in [0.1, 0.15) is 18.1 Å². The second kappa shape index (κ2) is 30.8. The number of aromatic nitrogens is 2. The number of rotatable bonds is 9. The van der Waals surface area contributed by atoms with Crippen LogP contribution in [0.3, 0.4) is 0 Å². The first-order valence-electron chi connectivity index (χ1n) is 31.1. The number of nitrogens with zero attached hydrogens (tertiary/aromatic N) is 4. The number of ether oxygens (including phenoxy) is 5. The number of fused-ring (bicyclic) bond motifs is 4. The summed E-state index contributed by atoms with van der Waals surface area (Å²) in [5, 5.41) is 13.0. The zero-order chi connectivity index (χ0) is 67.2. The van der Waals surface area contributed by atoms with Crippen molar-refractivity contribution in [3.8, 4) is 23.0 Å². The molecule has 3 heterocycles. The molecule has 0 bridgehead atoms. The van der Waals surface area contributed by atoms with Gasteiger partial charge in [0.15, 0.2) is 23.1 Å². The molecule has 1 aliphatic carbocycles. The summed E-state index contributed by atoms with van der Waals surface area (Å²) in [7, 11) is 6.57. The van der Waals surface area contributed by atoms with E-state index < -0.39 is 0 Å². The maximum Gasteiger partial charge on any atom is 0.261 e. The van der Waals surface area contributed by atoms with Crippen LogP contribution in [0.4, 0.5) is 0 Å². The Bertz CT molecular complexity index is 3360. The predicted octanol–water partition coefficient (Wildman–Crippen LogP) is 16.9. The summed E-state index contributed by atoms with van der Waals surface area (Å²) in [6, 6.07) is 37.2. The van der Waals surface area contributed by atoms with E-state index in [4.69, 9.17) is 23.7 Å². The van der Waals surface area contributed by atoms with Crippen molar-refractivity contribution in [2.45, 2.75) is 176 Å². The largest absolute Gasteiger partial charge is 0.784 e. The molecule has 14 heteroatoms. The normalized spacial score (nSPS) is 14.8. The van der Waals surface area contributed by atoms with Crippen molar-refractivity contribution < 1.29 is 42.9 Å². The van der Waals surface area contributed by atoms with E-state index >= 15 is 0 Å². The Morgan fingerprint density at radius 2 is 0.856 bits per heavy atom. The minimum Gasteiger partial charge on any atom is -0.784 e. The van der Waals surface area contributed by atoms with Gasteiger partial charge in [-0.3, -0.25) is 34.0 Å². The number of amides is 2. The highest BCUT2D eigenvalue weighted by molar-refractivity contribution is 6.28. The lowest BCUT2D eigenvalue weighted by Crippen LogP contribution is -2.55. The Morgan fingerprint density at radius 3 is 1.19 bits per heavy atom. The Kier molecular flexibility index (Phi) is 25.0. The maximum absolute atomic E-state index is 12.1. The van der Waals surface area contributed by atoms with Gasteiger partial charge in [-0.1, -0.05) is 169 Å². The van der Waals surface area contributed by atoms with Gasteiger partial charge in [-0.15, -0.1) is 0 Å². The average Bonchev–Trinajstić information content (AvgIpc) is 1.12. The number of carbonyl (C=O) groups is 4. The van der Waals surface area contributed by atoms with Crippen molar-refractivity contribution in [1.82, 2.24) is 19.9 Å². The molecule has 1 fully saturated rings. The summed E-state index contributed by atoms with van der Waals surface area (Å²) < 4.78 is 28.2. The van der Waals surface area contributed by atoms with Gasteiger partial charge in [-0.25, -0.2) is 0 Å². The number of imide groups is 1. The highest BCUT2D eigenvalue weighted by Crippen LogP contribution is 2.44. The number of methoxy groups -OCH3 is 3. The van der Waals surface area contributed by atoms with Gasteiger partial charge in [0.05, 0.1) is 49.6 Å². The lowest BCUT2D eigenvalue weighted by atomic mass is 9.80. The average molecular weight is 1230 g/mol. The molecular formula is C76H99N4O10-. The first-order valence-corrected chi connectivity index (χ1v) is 31.1. The van der Waals surface area contributed by atoms with Crippen LogP contribution in [0.2, 0.25) is 0 Å². The summed E-state index contributed by atoms with van der Waals surface area (Å²) in [6.45, 7) is 38.5. The molecule has 484 valence electrons. The number of hydroxylamine groups is 2. The lowest BCUT2D eigenvalue weighted by molar-refractivity contribution is 0.0194. The molecule has 10 rings (SSSR count). The third-order valence-electron chi connectivity index (χ3n) is 15.7. The molecule has 0 unspecified atom stereocenters. The molecule has 0 radical (unpaired) electrons. The Labute approximate surface area is 536 Å². The molecule has 0 saturated carbocycles. The van der Waals surface area contributed by atoms with Crippen molar-refractivity contribution in [3.63, 3.8) is 0 Å². The van der Waals surface area contributed by atoms with E-state index in [1.54, 1.807) is 107 Å². The van der Waals surface area contributed by atoms with Crippen LogP contribution >= 0.6 is 0 Å². The summed E-state index contributed by atoms with van der Waals surface area (Å²) >= 11 is 0. The van der Waals surface area contributed by atoms with Crippen LogP contribution in [0.1, 0.15) is 218 Å². The molecule has 7 aromatic rings. The summed E-state index contributed by atoms with van der Waals surface area (Å²) in [5.74, 6) is 3.02. The minimum atomic E-state index is -0.212. The fourth-order valence-corrected chi connectivity index (χ4v) is 10.6. The fraction of sp³-hybridized carbons (Fsp3) is 0.447. The molecule has 0 spiro atoms. The SMILES string of the molecule is CC1(C)CCCC(C)(C)N1[O-].CCCOc1cc(C(C)(C)C)c(OCCOC)cc1C(C)(C)C.CN1C(=O)c2ccccc2C1=O.COc1cc(C(C)(C)C)cc(C(C)(C)C)c1OC.O=C1c2ccccc2C(=O)c2ccccc21.c1ccc2nccnc2c1. The van der Waals surface area contributed by atoms with E-state index in [1.165, 1.54) is 40.8 Å². The predicted molar refractivity (Wildman–Crippen MR) is 363 cm³/mol. The van der Waals surface area contributed by atoms with E-state index in [1.807, 2.05) is 52.0 Å². The van der Waals surface area contributed by atoms with Crippen LogP contribution < -0.4 is 18.9 Å². The van der Waals surface area contributed by atoms with Crippen molar-refractivity contribution in [2.24, 2.45) is 0 Å². The lowest BCUT2D eigenvalue weighted by Gasteiger charge is -2.58. The van der Waals surface area contributed by atoms with Crippen molar-refractivity contribution in [2.75, 3.05) is 48.2 Å². The molecule has 0 N–H and O–H groups in total. The highest BCUT2D eigenvalue weighted by Gasteiger charge is 2.36. The topological polar surface area (TPSA) is 170 Å². The molecule has 2 aliphatic heterocycles. The Balaban J connectivity index is 0.000000201. The second-order valence-corrected chi connectivity index (χ2v) is 28.1. The quantitative estimate of drug-likeness (QED) is 0.0989. The van der Waals surface area contributed by atoms with Gasteiger partial charge in [-0.2, -0.15) is 0 Å². The van der Waals surface area contributed by atoms with Gasteiger partial charge in [0, 0.05) is 76.6 Å². The Hall–Kier alpha value is -7.78. The second-order valence-electron chi connectivity index (χ2n) is 28.1. The van der Waals surface area contributed by atoms with Gasteiger partial charge in [0.25, 0.3) is 11.8 Å². The number of piperidine rings is 1. The molecule has 0 atom stereocenters. The number of benzene rings is 6. The van der Waals surface area contributed by atoms with Crippen LogP contribution in [0.5, 0.6) is 23.0 Å². The third kappa shape index (κ3) is 18.7. The molecule has 90 heavy (non-hydrogen) atoms. The number of hydrogen-bond acceptors (Lipinski definition) is 13. The molecule has 6 aromatic carbocycles. The number of ketones is 2. The van der Waals surface area contributed by atoms with Crippen LogP contribution in [0.25, 0.3) is 11.0 Å². The van der Waals surface area contributed by atoms with Crippen LogP contribution in [-0.4, -0.2) is 103 Å². The molecule has 14 nitrogen and oxygen atoms in total. The number of hydrogen-bond donors (Lipinski definition) is 0. The Morgan fingerprint density at radius 1 is 0.478 bits per heavy atom. The van der Waals surface area contributed by atoms with Crippen molar-refractivity contribution in [1.29, 1.82) is 0 Å². The van der Waals surface area contributed by atoms with Crippen molar-refractivity contribution >= 4 is 34.4 Å². The van der Waals surface area contributed by atoms with Crippen LogP contribution in [-0.2, 0) is 26.4 Å². The zero-order valence-electron chi connectivity index (χ0n) is 57.5. The minimum absolute atomic E-state index is 0.00114. The van der Waals surface area contributed by atoms with E-state index in [0.29, 0.717) is 46.6 Å². The fourth-order valence-electron chi connectivity index (χ4n) is 10.6. The van der Waals surface area contributed by atoms with Gasteiger partial charge in [0.2, 0.25) is 0 Å². The monoisotopic (exact) mass is 1230 g/mol. The molecular weight excluding hydrogens is 1130 g/mol. The molecule has 2 amide bonds. The van der Waals surface area contributed by atoms with Gasteiger partial charge >= 0.3 is 0 Å². The summed E-state index contributed by atoms with van der Waals surface area (Å²) in [6.07, 6.45) is 7.63. The van der Waals surface area contributed by atoms with E-state index in [9.17, 15) is 24.4 Å². The zero-order valence-corrected chi connectivity index (χ0v) is 57.5. The standard InChI is InChI=1S/C20H34O3.C16H26O2.C14H8O2.C9H7NO2.C9H18NO.C8H6N2/c1-9-10-22-17-13-16(20(5,6)7)18(23-12-11-21-8)14-15(17)19(2,3)4;1-15(2,3)11-9-12(16(4,5)6)14(18-8)13(10-11)17-7;15-13-9-5-1-2-6-10(9)14(16)12-8-4-3-7-11(12)13;1-10-8(11)6-4-2-3-5-7(6)9(10)12;1-8(2)6-5-7-9(3,4)10(8)11;1-2-4-8-7(3-1)9-5-6-10-8/h13-14H,9-12H2,1-8H3;9-10H,1-8H3;1-8H;2-5H,1H3;5-7H2,1-4H3;1-6H/q;;;;-1;. The highest BCUT2D eigenvalue weighted by atomic mass is 16.5. The van der Waals surface area contributed by atoms with Crippen LogP contribution in [0.15, 0.2) is 134 Å². The molecule has 1 saturated heterocycles. The number of para-hydroxylation sites is 2. The van der Waals surface area contributed by atoms with E-state index in [2.05, 4.69) is 124 Å². The molecule has 1 aromatic heterocycles. The smallest absolute Gasteiger partial charge is 0.261 e. The van der Waals surface area contributed by atoms with Crippen molar-refractivity contribution in [3.05, 3.63) is 195 Å². The van der Waals surface area contributed by atoms with Gasteiger partial charge < -0.3 is 34.0 Å². The summed E-state index contributed by atoms with van der Waals surface area (Å²) in [4.78, 5) is 56.2. The summed E-state index contributed by atoms with van der Waals surface area (Å²) in [5.41, 5.74) is 9.56. The van der Waals surface area contributed by atoms with E-state index in [-0.39, 0.29) is 56.1 Å². The molecule has 3 aliphatic rings. The third-order valence-corrected chi connectivity index (χ3v) is 15.7. The van der Waals surface area contributed by atoms with Crippen LogP contribution in [0, 0.1) is 5.21 Å². The maximum atomic E-state index is 12.1. The number of carbonyl (C=O) groups excluding carboxylic acids is 4. The van der Waals surface area contributed by atoms with E-state index in [0.717, 1.165) is 64.8 Å². The van der Waals surface area contributed by atoms with Gasteiger partial charge in [-0.05, 0) is 123 Å².